The number of halogens is 1. The van der Waals surface area contributed by atoms with E-state index in [1.54, 1.807) is 0 Å². The third kappa shape index (κ3) is 2.91. The largest absolute Gasteiger partial charge is 0.487 e. The van der Waals surface area contributed by atoms with Crippen LogP contribution in [0.5, 0.6) is 5.75 Å². The fraction of sp³-hybridized carbons (Fsp3) is 0.533. The molecule has 3 rings (SSSR count). The van der Waals surface area contributed by atoms with Gasteiger partial charge in [-0.15, -0.1) is 12.4 Å². The number of ether oxygens (including phenoxy) is 1. The number of benzene rings is 1. The number of rotatable bonds is 2. The van der Waals surface area contributed by atoms with Crippen molar-refractivity contribution in [3.63, 3.8) is 0 Å². The number of para-hydroxylation sites is 1. The molecule has 1 aromatic carbocycles. The lowest BCUT2D eigenvalue weighted by atomic mass is 9.89. The molecule has 2 aliphatic heterocycles. The first-order chi connectivity index (χ1) is 9.05. The van der Waals surface area contributed by atoms with E-state index in [-0.39, 0.29) is 35.9 Å². The molecule has 0 bridgehead atoms. The lowest BCUT2D eigenvalue weighted by Crippen LogP contribution is -2.52. The smallest absolute Gasteiger partial charge is 0.226 e. The Balaban J connectivity index is 0.00000147. The second kappa shape index (κ2) is 5.62. The van der Waals surface area contributed by atoms with Gasteiger partial charge in [0, 0.05) is 25.1 Å². The second-order valence-corrected chi connectivity index (χ2v) is 6.02. The van der Waals surface area contributed by atoms with Gasteiger partial charge in [-0.25, -0.2) is 0 Å². The van der Waals surface area contributed by atoms with Gasteiger partial charge in [0.2, 0.25) is 5.91 Å². The fourth-order valence-corrected chi connectivity index (χ4v) is 2.69. The normalized spacial score (nSPS) is 23.6. The Morgan fingerprint density at radius 2 is 2.05 bits per heavy atom. The molecule has 1 unspecified atom stereocenters. The van der Waals surface area contributed by atoms with E-state index in [4.69, 9.17) is 4.74 Å². The van der Waals surface area contributed by atoms with Crippen LogP contribution in [0.3, 0.4) is 0 Å². The molecule has 2 heterocycles. The highest BCUT2D eigenvalue weighted by molar-refractivity contribution is 5.85. The summed E-state index contributed by atoms with van der Waals surface area (Å²) >= 11 is 0. The maximum atomic E-state index is 12.1. The first-order valence-electron chi connectivity index (χ1n) is 6.84. The first-order valence-corrected chi connectivity index (χ1v) is 6.84. The molecule has 1 atom stereocenters. The van der Waals surface area contributed by atoms with Crippen LogP contribution in [0, 0.1) is 5.92 Å². The SMILES string of the molecule is CC1(C)CC(NC(=O)C2CNC2)c2ccccc2O1.Cl. The van der Waals surface area contributed by atoms with E-state index in [1.807, 2.05) is 24.3 Å². The zero-order valence-corrected chi connectivity index (χ0v) is 12.6. The average molecular weight is 297 g/mol. The van der Waals surface area contributed by atoms with E-state index >= 15 is 0 Å². The van der Waals surface area contributed by atoms with Gasteiger partial charge < -0.3 is 15.4 Å². The third-order valence-electron chi connectivity index (χ3n) is 3.85. The van der Waals surface area contributed by atoms with Crippen LogP contribution in [0.2, 0.25) is 0 Å². The van der Waals surface area contributed by atoms with Crippen molar-refractivity contribution in [2.75, 3.05) is 13.1 Å². The molecule has 1 aromatic rings. The summed E-state index contributed by atoms with van der Waals surface area (Å²) in [6.45, 7) is 5.71. The highest BCUT2D eigenvalue weighted by Gasteiger charge is 2.36. The highest BCUT2D eigenvalue weighted by Crippen LogP contribution is 2.39. The van der Waals surface area contributed by atoms with E-state index < -0.39 is 0 Å². The summed E-state index contributed by atoms with van der Waals surface area (Å²) in [6, 6.07) is 8.02. The molecule has 0 aromatic heterocycles. The van der Waals surface area contributed by atoms with Gasteiger partial charge >= 0.3 is 0 Å². The van der Waals surface area contributed by atoms with Crippen molar-refractivity contribution < 1.29 is 9.53 Å². The molecule has 0 aliphatic carbocycles. The first kappa shape index (κ1) is 15.1. The monoisotopic (exact) mass is 296 g/mol. The Kier molecular flexibility index (Phi) is 4.25. The van der Waals surface area contributed by atoms with E-state index in [9.17, 15) is 4.79 Å². The van der Waals surface area contributed by atoms with Crippen LogP contribution >= 0.6 is 12.4 Å². The van der Waals surface area contributed by atoms with E-state index in [2.05, 4.69) is 24.5 Å². The topological polar surface area (TPSA) is 50.4 Å². The number of hydrogen-bond donors (Lipinski definition) is 2. The van der Waals surface area contributed by atoms with Crippen LogP contribution < -0.4 is 15.4 Å². The van der Waals surface area contributed by atoms with Gasteiger partial charge in [-0.2, -0.15) is 0 Å². The summed E-state index contributed by atoms with van der Waals surface area (Å²) in [7, 11) is 0. The van der Waals surface area contributed by atoms with Gasteiger partial charge in [-0.3, -0.25) is 4.79 Å². The Hall–Kier alpha value is -1.26. The Morgan fingerprint density at radius 3 is 2.70 bits per heavy atom. The number of carbonyl (C=O) groups excluding carboxylic acids is 1. The molecule has 5 heteroatoms. The molecule has 4 nitrogen and oxygen atoms in total. The summed E-state index contributed by atoms with van der Waals surface area (Å²) in [5.74, 6) is 1.16. The maximum Gasteiger partial charge on any atom is 0.226 e. The molecular formula is C15H21ClN2O2. The summed E-state index contributed by atoms with van der Waals surface area (Å²) in [4.78, 5) is 12.1. The van der Waals surface area contributed by atoms with E-state index in [0.717, 1.165) is 30.8 Å². The predicted octanol–water partition coefficient (Wildman–Crippen LogP) is 2.05. The molecule has 0 saturated carbocycles. The van der Waals surface area contributed by atoms with Crippen molar-refractivity contribution in [2.45, 2.75) is 31.9 Å². The third-order valence-corrected chi connectivity index (χ3v) is 3.85. The zero-order valence-electron chi connectivity index (χ0n) is 11.8. The van der Waals surface area contributed by atoms with Crippen LogP contribution in [0.25, 0.3) is 0 Å². The molecule has 20 heavy (non-hydrogen) atoms. The number of fused-ring (bicyclic) bond motifs is 1. The van der Waals surface area contributed by atoms with Crippen molar-refractivity contribution in [2.24, 2.45) is 5.92 Å². The average Bonchev–Trinajstić information content (AvgIpc) is 2.24. The van der Waals surface area contributed by atoms with Crippen molar-refractivity contribution in [1.29, 1.82) is 0 Å². The second-order valence-electron chi connectivity index (χ2n) is 6.02. The lowest BCUT2D eigenvalue weighted by Gasteiger charge is -2.39. The van der Waals surface area contributed by atoms with Crippen molar-refractivity contribution in [1.82, 2.24) is 10.6 Å². The molecule has 2 N–H and O–H groups in total. The van der Waals surface area contributed by atoms with Gasteiger partial charge in [0.05, 0.1) is 12.0 Å². The Labute approximate surface area is 125 Å². The summed E-state index contributed by atoms with van der Waals surface area (Å²) in [6.07, 6.45) is 0.801. The van der Waals surface area contributed by atoms with Gasteiger partial charge in [-0.05, 0) is 19.9 Å². The van der Waals surface area contributed by atoms with Crippen LogP contribution in [0.15, 0.2) is 24.3 Å². The quantitative estimate of drug-likeness (QED) is 0.878. The standard InChI is InChI=1S/C15H20N2O2.ClH/c1-15(2)7-12(17-14(18)10-8-16-9-10)11-5-3-4-6-13(11)19-15;/h3-6,10,12,16H,7-9H2,1-2H3,(H,17,18);1H. The molecule has 110 valence electrons. The lowest BCUT2D eigenvalue weighted by molar-refractivity contribution is -0.127. The van der Waals surface area contributed by atoms with E-state index in [1.165, 1.54) is 0 Å². The van der Waals surface area contributed by atoms with Gasteiger partial charge in [0.1, 0.15) is 11.4 Å². The molecule has 1 amide bonds. The van der Waals surface area contributed by atoms with Gasteiger partial charge in [0.15, 0.2) is 0 Å². The summed E-state index contributed by atoms with van der Waals surface area (Å²) < 4.78 is 5.97. The molecule has 0 spiro atoms. The van der Waals surface area contributed by atoms with Crippen molar-refractivity contribution in [3.05, 3.63) is 29.8 Å². The molecule has 2 aliphatic rings. The van der Waals surface area contributed by atoms with Crippen LogP contribution in [0.4, 0.5) is 0 Å². The number of nitrogens with one attached hydrogen (secondary N) is 2. The minimum Gasteiger partial charge on any atom is -0.487 e. The zero-order chi connectivity index (χ0) is 13.5. The molecule has 1 fully saturated rings. The van der Waals surface area contributed by atoms with Crippen LogP contribution in [-0.2, 0) is 4.79 Å². The summed E-state index contributed by atoms with van der Waals surface area (Å²) in [5, 5.41) is 6.30. The van der Waals surface area contributed by atoms with Crippen molar-refractivity contribution >= 4 is 18.3 Å². The van der Waals surface area contributed by atoms with E-state index in [0.29, 0.717) is 0 Å². The highest BCUT2D eigenvalue weighted by atomic mass is 35.5. The van der Waals surface area contributed by atoms with Crippen LogP contribution in [-0.4, -0.2) is 24.6 Å². The number of carbonyl (C=O) groups is 1. The number of amides is 1. The van der Waals surface area contributed by atoms with Gasteiger partial charge in [-0.1, -0.05) is 18.2 Å². The molecule has 1 saturated heterocycles. The van der Waals surface area contributed by atoms with Crippen molar-refractivity contribution in [3.8, 4) is 5.75 Å². The Bertz CT molecular complexity index is 500. The minimum atomic E-state index is -0.246. The fourth-order valence-electron chi connectivity index (χ4n) is 2.69. The maximum absolute atomic E-state index is 12.1. The van der Waals surface area contributed by atoms with Crippen LogP contribution in [0.1, 0.15) is 31.9 Å². The predicted molar refractivity (Wildman–Crippen MR) is 80.3 cm³/mol. The molecular weight excluding hydrogens is 276 g/mol. The Morgan fingerprint density at radius 1 is 1.35 bits per heavy atom. The summed E-state index contributed by atoms with van der Waals surface area (Å²) in [5.41, 5.74) is 0.840. The number of hydrogen-bond acceptors (Lipinski definition) is 3. The molecule has 0 radical (unpaired) electrons. The van der Waals surface area contributed by atoms with Gasteiger partial charge in [0.25, 0.3) is 0 Å². The minimum absolute atomic E-state index is 0.